The predicted octanol–water partition coefficient (Wildman–Crippen LogP) is 3.76. The fourth-order valence-corrected chi connectivity index (χ4v) is 2.95. The number of nitrogens with zero attached hydrogens (tertiary/aromatic N) is 3. The zero-order valence-electron chi connectivity index (χ0n) is 16.7. The first kappa shape index (κ1) is 20.7. The fraction of sp³-hybridized carbons (Fsp3) is 0.190. The van der Waals surface area contributed by atoms with E-state index in [0.29, 0.717) is 40.6 Å². The smallest absolute Gasteiger partial charge is 0.280 e. The maximum Gasteiger partial charge on any atom is 0.280 e. The van der Waals surface area contributed by atoms with E-state index in [2.05, 4.69) is 10.4 Å². The second-order valence-corrected chi connectivity index (χ2v) is 6.50. The largest absolute Gasteiger partial charge is 0.493 e. The number of hydrogen-bond acceptors (Lipinski definition) is 6. The van der Waals surface area contributed by atoms with E-state index in [-0.39, 0.29) is 17.5 Å². The summed E-state index contributed by atoms with van der Waals surface area (Å²) in [5, 5.41) is 19.4. The molecule has 0 atom stereocenters. The van der Waals surface area contributed by atoms with Crippen LogP contribution in [0, 0.1) is 10.1 Å². The van der Waals surface area contributed by atoms with E-state index in [9.17, 15) is 19.7 Å². The first-order valence-electron chi connectivity index (χ1n) is 9.20. The summed E-state index contributed by atoms with van der Waals surface area (Å²) >= 11 is 0. The molecule has 0 fully saturated rings. The predicted molar refractivity (Wildman–Crippen MR) is 114 cm³/mol. The Morgan fingerprint density at radius 2 is 1.97 bits per heavy atom. The van der Waals surface area contributed by atoms with Gasteiger partial charge >= 0.3 is 0 Å². The fourth-order valence-electron chi connectivity index (χ4n) is 2.95. The number of anilines is 2. The van der Waals surface area contributed by atoms with E-state index in [1.165, 1.54) is 30.1 Å². The maximum atomic E-state index is 13.0. The van der Waals surface area contributed by atoms with Crippen LogP contribution >= 0.6 is 0 Å². The van der Waals surface area contributed by atoms with E-state index in [1.807, 2.05) is 0 Å². The van der Waals surface area contributed by atoms with Gasteiger partial charge in [-0.25, -0.2) is 0 Å². The number of hydrogen-bond donors (Lipinski definition) is 1. The van der Waals surface area contributed by atoms with E-state index in [1.54, 1.807) is 44.2 Å². The van der Waals surface area contributed by atoms with Crippen molar-refractivity contribution in [2.45, 2.75) is 20.8 Å². The molecule has 0 aromatic heterocycles. The molecule has 0 spiro atoms. The lowest BCUT2D eigenvalue weighted by Crippen LogP contribution is -2.21. The summed E-state index contributed by atoms with van der Waals surface area (Å²) in [6, 6.07) is 10.9. The lowest BCUT2D eigenvalue weighted by atomic mass is 10.1. The highest BCUT2D eigenvalue weighted by Crippen LogP contribution is 2.30. The summed E-state index contributed by atoms with van der Waals surface area (Å²) in [6.45, 7) is 5.28. The van der Waals surface area contributed by atoms with Crippen molar-refractivity contribution in [3.8, 4) is 5.75 Å². The molecule has 0 saturated carbocycles. The summed E-state index contributed by atoms with van der Waals surface area (Å²) in [7, 11) is 0. The summed E-state index contributed by atoms with van der Waals surface area (Å²) < 4.78 is 5.54. The van der Waals surface area contributed by atoms with E-state index in [0.717, 1.165) is 0 Å². The van der Waals surface area contributed by atoms with Gasteiger partial charge in [-0.1, -0.05) is 0 Å². The zero-order chi connectivity index (χ0) is 21.8. The van der Waals surface area contributed by atoms with Crippen molar-refractivity contribution in [1.82, 2.24) is 0 Å². The molecule has 1 aliphatic heterocycles. The van der Waals surface area contributed by atoms with Gasteiger partial charge in [0.1, 0.15) is 5.75 Å². The standard InChI is InChI=1S/C21H20N4O5/c1-4-30-20-10-9-18(25(28)29)11-15(20)12-19-13(2)23-24(21(19)27)17-7-5-16(6-8-17)22-14(3)26/h5-12H,4H2,1-3H3,(H,22,26). The number of non-ortho nitro benzene ring substituents is 1. The van der Waals surface area contributed by atoms with Gasteiger partial charge in [0.2, 0.25) is 5.91 Å². The molecule has 1 N–H and O–H groups in total. The molecular formula is C21H20N4O5. The van der Waals surface area contributed by atoms with Crippen LogP contribution in [0.4, 0.5) is 17.1 Å². The number of amides is 2. The van der Waals surface area contributed by atoms with Crippen LogP contribution in [0.3, 0.4) is 0 Å². The van der Waals surface area contributed by atoms with Crippen LogP contribution in [0.1, 0.15) is 26.3 Å². The van der Waals surface area contributed by atoms with Crippen LogP contribution in [0.25, 0.3) is 6.08 Å². The quantitative estimate of drug-likeness (QED) is 0.444. The molecule has 9 heteroatoms. The Bertz CT molecular complexity index is 1070. The molecule has 2 amide bonds. The van der Waals surface area contributed by atoms with Gasteiger partial charge in [0, 0.05) is 30.3 Å². The van der Waals surface area contributed by atoms with Gasteiger partial charge in [-0.3, -0.25) is 19.7 Å². The van der Waals surface area contributed by atoms with Gasteiger partial charge in [0.25, 0.3) is 11.6 Å². The van der Waals surface area contributed by atoms with E-state index < -0.39 is 4.92 Å². The summed E-state index contributed by atoms with van der Waals surface area (Å²) in [6.07, 6.45) is 1.55. The molecule has 154 valence electrons. The molecule has 0 unspecified atom stereocenters. The molecule has 9 nitrogen and oxygen atoms in total. The number of ether oxygens (including phenoxy) is 1. The van der Waals surface area contributed by atoms with Crippen molar-refractivity contribution in [1.29, 1.82) is 0 Å². The minimum absolute atomic E-state index is 0.101. The summed E-state index contributed by atoms with van der Waals surface area (Å²) in [4.78, 5) is 34.8. The van der Waals surface area contributed by atoms with Crippen molar-refractivity contribution in [3.63, 3.8) is 0 Å². The van der Waals surface area contributed by atoms with Crippen LogP contribution < -0.4 is 15.1 Å². The Morgan fingerprint density at radius 1 is 1.27 bits per heavy atom. The topological polar surface area (TPSA) is 114 Å². The van der Waals surface area contributed by atoms with Gasteiger partial charge in [-0.05, 0) is 50.3 Å². The normalized spacial score (nSPS) is 14.6. The van der Waals surface area contributed by atoms with Gasteiger partial charge < -0.3 is 10.1 Å². The Kier molecular flexibility index (Phi) is 5.91. The molecule has 2 aromatic rings. The van der Waals surface area contributed by atoms with Crippen molar-refractivity contribution < 1.29 is 19.2 Å². The second kappa shape index (κ2) is 8.56. The minimum atomic E-state index is -0.502. The van der Waals surface area contributed by atoms with Gasteiger partial charge in [-0.15, -0.1) is 0 Å². The molecule has 2 aromatic carbocycles. The molecule has 1 heterocycles. The summed E-state index contributed by atoms with van der Waals surface area (Å²) in [5.41, 5.74) is 2.23. The minimum Gasteiger partial charge on any atom is -0.493 e. The Balaban J connectivity index is 1.94. The zero-order valence-corrected chi connectivity index (χ0v) is 16.7. The number of hydrazone groups is 1. The lowest BCUT2D eigenvalue weighted by molar-refractivity contribution is -0.384. The van der Waals surface area contributed by atoms with Crippen LogP contribution in [0.5, 0.6) is 5.75 Å². The number of carbonyl (C=O) groups excluding carboxylic acids is 2. The van der Waals surface area contributed by atoms with E-state index >= 15 is 0 Å². The lowest BCUT2D eigenvalue weighted by Gasteiger charge is -2.13. The van der Waals surface area contributed by atoms with Crippen LogP contribution in [0.15, 0.2) is 53.1 Å². The average molecular weight is 408 g/mol. The number of rotatable bonds is 6. The molecule has 0 saturated heterocycles. The van der Waals surface area contributed by atoms with Crippen LogP contribution in [-0.4, -0.2) is 29.1 Å². The van der Waals surface area contributed by atoms with Crippen molar-refractivity contribution in [2.24, 2.45) is 5.10 Å². The molecule has 0 radical (unpaired) electrons. The average Bonchev–Trinajstić information content (AvgIpc) is 2.97. The third-order valence-electron chi connectivity index (χ3n) is 4.30. The molecule has 0 aliphatic carbocycles. The number of nitro groups is 1. The Labute approximate surface area is 172 Å². The summed E-state index contributed by atoms with van der Waals surface area (Å²) in [5.74, 6) is -0.121. The highest BCUT2D eigenvalue weighted by molar-refractivity contribution is 6.32. The van der Waals surface area contributed by atoms with E-state index in [4.69, 9.17) is 4.74 Å². The van der Waals surface area contributed by atoms with Crippen molar-refractivity contribution >= 4 is 40.7 Å². The van der Waals surface area contributed by atoms with Crippen molar-refractivity contribution in [2.75, 3.05) is 16.9 Å². The number of nitrogens with one attached hydrogen (secondary N) is 1. The van der Waals surface area contributed by atoms with Gasteiger partial charge in [0.05, 0.1) is 28.5 Å². The highest BCUT2D eigenvalue weighted by Gasteiger charge is 2.29. The molecule has 30 heavy (non-hydrogen) atoms. The number of carbonyl (C=O) groups is 2. The third kappa shape index (κ3) is 4.35. The molecule has 3 rings (SSSR count). The first-order valence-corrected chi connectivity index (χ1v) is 9.20. The number of nitro benzene ring substituents is 1. The third-order valence-corrected chi connectivity index (χ3v) is 4.30. The molecule has 0 bridgehead atoms. The SMILES string of the molecule is CCOc1ccc([N+](=O)[O-])cc1C=C1C(=O)N(c2ccc(NC(C)=O)cc2)N=C1C. The van der Waals surface area contributed by atoms with Crippen LogP contribution in [0.2, 0.25) is 0 Å². The first-order chi connectivity index (χ1) is 14.3. The van der Waals surface area contributed by atoms with Crippen molar-refractivity contribution in [3.05, 3.63) is 63.7 Å². The van der Waals surface area contributed by atoms with Gasteiger partial charge in [0.15, 0.2) is 0 Å². The molecule has 1 aliphatic rings. The molecular weight excluding hydrogens is 388 g/mol. The highest BCUT2D eigenvalue weighted by atomic mass is 16.6. The van der Waals surface area contributed by atoms with Gasteiger partial charge in [-0.2, -0.15) is 10.1 Å². The monoisotopic (exact) mass is 408 g/mol. The second-order valence-electron chi connectivity index (χ2n) is 6.50. The Hall–Kier alpha value is -4.01. The number of benzene rings is 2. The maximum absolute atomic E-state index is 13.0. The Morgan fingerprint density at radius 3 is 2.57 bits per heavy atom. The van der Waals surface area contributed by atoms with Crippen LogP contribution in [-0.2, 0) is 9.59 Å².